The van der Waals surface area contributed by atoms with Crippen LogP contribution >= 0.6 is 0 Å². The molecule has 0 aromatic heterocycles. The zero-order valence-electron chi connectivity index (χ0n) is 29.7. The molecule has 0 aliphatic carbocycles. The number of nitrogens with zero attached hydrogens (tertiary/aromatic N) is 4. The molecule has 22 nitrogen and oxygen atoms in total. The van der Waals surface area contributed by atoms with Gasteiger partial charge in [0, 0.05) is 39.3 Å². The largest absolute Gasteiger partial charge is 2.00 e. The van der Waals surface area contributed by atoms with Crippen molar-refractivity contribution in [2.45, 2.75) is 65.2 Å². The van der Waals surface area contributed by atoms with Gasteiger partial charge in [-0.15, -0.1) is 0 Å². The zero-order valence-corrected chi connectivity index (χ0v) is 31.7. The second-order valence-electron chi connectivity index (χ2n) is 8.81. The fourth-order valence-corrected chi connectivity index (χ4v) is 2.78. The molecule has 0 radical (unpaired) electrons. The molecule has 2 aromatic carbocycles. The number of benzene rings is 2. The van der Waals surface area contributed by atoms with Crippen LogP contribution in [0.2, 0.25) is 0 Å². The van der Waals surface area contributed by atoms with Crippen molar-refractivity contribution in [1.82, 2.24) is 10.9 Å². The van der Waals surface area contributed by atoms with E-state index >= 15 is 0 Å². The second-order valence-corrected chi connectivity index (χ2v) is 8.81. The van der Waals surface area contributed by atoms with Crippen molar-refractivity contribution in [3.05, 3.63) is 90.3 Å². The molecule has 2 amide bonds. The fourth-order valence-electron chi connectivity index (χ4n) is 2.78. The molecule has 24 heteroatoms. The number of aliphatic hydroxyl groups is 4. The summed E-state index contributed by atoms with van der Waals surface area (Å²) in [5, 5.41) is 91.9. The van der Waals surface area contributed by atoms with Crippen LogP contribution in [0, 0.1) is 30.6 Å². The van der Waals surface area contributed by atoms with Crippen LogP contribution in [-0.2, 0) is 53.5 Å². The number of hydrogen-bond acceptors (Lipinski definition) is 16. The summed E-state index contributed by atoms with van der Waals surface area (Å²) >= 11 is 0. The van der Waals surface area contributed by atoms with Crippen LogP contribution in [0.5, 0.6) is 11.5 Å². The van der Waals surface area contributed by atoms with Crippen molar-refractivity contribution in [3.63, 3.8) is 0 Å². The van der Waals surface area contributed by atoms with Gasteiger partial charge < -0.3 is 72.2 Å². The van der Waals surface area contributed by atoms with Crippen LogP contribution in [0.15, 0.2) is 58.7 Å². The van der Waals surface area contributed by atoms with Gasteiger partial charge in [-0.05, 0) is 50.7 Å². The molecule has 0 saturated heterocycles. The number of rotatable bonds is 14. The van der Waals surface area contributed by atoms with Crippen molar-refractivity contribution in [1.29, 1.82) is 0 Å². The Morgan fingerprint density at radius 1 is 0.611 bits per heavy atom. The molecule has 0 heterocycles. The molecule has 0 aliphatic rings. The molecule has 12 N–H and O–H groups in total. The van der Waals surface area contributed by atoms with E-state index in [1.807, 2.05) is 0 Å². The van der Waals surface area contributed by atoms with Crippen LogP contribution in [0.25, 0.3) is 0 Å². The first-order chi connectivity index (χ1) is 23.8. The third kappa shape index (κ3) is 59.6. The zero-order chi connectivity index (χ0) is 39.0. The predicted octanol–water partition coefficient (Wildman–Crippen LogP) is -0.804. The Bertz CT molecular complexity index is 1120. The van der Waals surface area contributed by atoms with Crippen LogP contribution in [0.4, 0.5) is 0 Å². The average Bonchev–Trinajstić information content (AvgIpc) is 3.04. The fraction of sp³-hybridized carbons (Fsp3) is 0.467. The Hall–Kier alpha value is -4.53. The van der Waals surface area contributed by atoms with Crippen LogP contribution in [0.3, 0.4) is 0 Å². The van der Waals surface area contributed by atoms with Crippen molar-refractivity contribution in [2.75, 3.05) is 26.4 Å². The summed E-state index contributed by atoms with van der Waals surface area (Å²) in [6.45, 7) is 4.17. The first kappa shape index (κ1) is 67.6. The van der Waals surface area contributed by atoms with E-state index in [-0.39, 0.29) is 93.7 Å². The quantitative estimate of drug-likeness (QED) is 0.0338. The summed E-state index contributed by atoms with van der Waals surface area (Å²) in [6, 6.07) is 12.9. The van der Waals surface area contributed by atoms with Crippen LogP contribution in [0.1, 0.15) is 76.3 Å². The van der Waals surface area contributed by atoms with Gasteiger partial charge in [0.2, 0.25) is 11.8 Å². The van der Waals surface area contributed by atoms with Gasteiger partial charge in [0.25, 0.3) is 0 Å². The van der Waals surface area contributed by atoms with Gasteiger partial charge in [0.05, 0.1) is 22.6 Å². The van der Waals surface area contributed by atoms with Crippen molar-refractivity contribution in [3.8, 4) is 11.5 Å². The number of carbonyl (C=O) groups is 2. The Balaban J connectivity index is -0.0000000919. The summed E-state index contributed by atoms with van der Waals surface area (Å²) in [5.41, 5.74) is 5.61. The maximum absolute atomic E-state index is 11.3. The van der Waals surface area contributed by atoms with E-state index in [1.54, 1.807) is 50.2 Å². The van der Waals surface area contributed by atoms with Gasteiger partial charge >= 0.3 is 33.0 Å². The molecule has 0 unspecified atom stereocenters. The number of nitrogens with one attached hydrogen (secondary N) is 2. The minimum absolute atomic E-state index is 0. The van der Waals surface area contributed by atoms with Crippen molar-refractivity contribution >= 4 is 24.2 Å². The molecule has 316 valence electrons. The number of para-hydroxylation sites is 2. The summed E-state index contributed by atoms with van der Waals surface area (Å²) in [4.78, 5) is 39.1. The standard InChI is InChI=1S/2C13H18N2O3.2C2H6O.2NO3.2Ni.2H2O/c2*16-9-5-1-2-8-13(18)15-14-10-11-6-3-4-7-12(11)17;2*1-2-3;2*2-1(3)4;;;;/h2*3-4,6-7,10,16-17H,1-2,5,8-9H2,(H,15,18);2*3H,2H2,1H3;;;;;2*1H2/q;;;;2*-1;2*+2;;/b2*14-10+;;;;;;;;. The van der Waals surface area contributed by atoms with Crippen LogP contribution < -0.4 is 21.1 Å². The normalized spacial score (nSPS) is 8.70. The number of amides is 2. The topological polar surface area (TPSA) is 408 Å². The number of hydrazone groups is 2. The van der Waals surface area contributed by atoms with E-state index in [0.29, 0.717) is 36.8 Å². The Labute approximate surface area is 332 Å². The maximum atomic E-state index is 11.3. The summed E-state index contributed by atoms with van der Waals surface area (Å²) in [7, 11) is 0. The van der Waals surface area contributed by atoms with E-state index in [9.17, 15) is 19.8 Å². The minimum Gasteiger partial charge on any atom is -0.872 e. The molecular formula is C30H52N6Ni2O16+2. The van der Waals surface area contributed by atoms with Gasteiger partial charge in [-0.25, -0.2) is 10.9 Å². The number of hydrogen-bond donors (Lipinski definition) is 6. The third-order valence-corrected chi connectivity index (χ3v) is 4.75. The smallest absolute Gasteiger partial charge is 0.872 e. The molecule has 54 heavy (non-hydrogen) atoms. The van der Waals surface area contributed by atoms with E-state index in [1.165, 1.54) is 24.6 Å². The molecule has 0 aliphatic heterocycles. The number of unbranched alkanes of at least 4 members (excludes halogenated alkanes) is 4. The first-order valence-corrected chi connectivity index (χ1v) is 15.0. The Morgan fingerprint density at radius 2 is 0.870 bits per heavy atom. The van der Waals surface area contributed by atoms with Gasteiger partial charge in [-0.3, -0.25) is 9.59 Å². The van der Waals surface area contributed by atoms with Gasteiger partial charge in [-0.1, -0.05) is 72.9 Å². The summed E-state index contributed by atoms with van der Waals surface area (Å²) < 4.78 is 0. The summed E-state index contributed by atoms with van der Waals surface area (Å²) in [6.07, 6.45) is 7.92. The molecule has 0 bridgehead atoms. The molecule has 2 rings (SSSR count). The first-order valence-electron chi connectivity index (χ1n) is 15.0. The minimum atomic E-state index is -1.75. The SMILES string of the molecule is CCO.CCO.O=C(CCCCCO)N/N=C/c1ccccc1[O-].O=C(CCCCCO)N/N=C/c1ccccc1[O-].O=[N+]([O-])[O-].O=[N+]([O-])[O-].[Ni+2].[Ni+2].[OH3+].[OH3+]. The predicted molar refractivity (Wildman–Crippen MR) is 190 cm³/mol. The Kier molecular flexibility index (Phi) is 66.1. The van der Waals surface area contributed by atoms with Gasteiger partial charge in [0.15, 0.2) is 0 Å². The van der Waals surface area contributed by atoms with Crippen molar-refractivity contribution < 1.29 is 94.3 Å². The molecule has 0 spiro atoms. The monoisotopic (exact) mass is 868 g/mol. The maximum Gasteiger partial charge on any atom is 2.00 e. The van der Waals surface area contributed by atoms with E-state index < -0.39 is 10.2 Å². The molecular weight excluding hydrogens is 818 g/mol. The molecule has 0 saturated carbocycles. The van der Waals surface area contributed by atoms with E-state index in [0.717, 1.165) is 25.7 Å². The van der Waals surface area contributed by atoms with E-state index in [4.69, 9.17) is 51.1 Å². The van der Waals surface area contributed by atoms with Gasteiger partial charge in [0.1, 0.15) is 0 Å². The van der Waals surface area contributed by atoms with Gasteiger partial charge in [-0.2, -0.15) is 10.2 Å². The second kappa shape index (κ2) is 52.8. The molecule has 2 aromatic rings. The third-order valence-electron chi connectivity index (χ3n) is 4.75. The number of carbonyl (C=O) groups excluding carboxylic acids is 2. The average molecular weight is 870 g/mol. The molecule has 0 fully saturated rings. The Morgan fingerprint density at radius 3 is 1.11 bits per heavy atom. The number of aliphatic hydroxyl groups excluding tert-OH is 4. The van der Waals surface area contributed by atoms with Crippen molar-refractivity contribution in [2.24, 2.45) is 10.2 Å². The summed E-state index contributed by atoms with van der Waals surface area (Å²) in [5.74, 6) is -0.628. The van der Waals surface area contributed by atoms with Crippen LogP contribution in [-0.4, -0.2) is 81.3 Å². The molecule has 0 atom stereocenters. The van der Waals surface area contributed by atoms with E-state index in [2.05, 4.69) is 21.1 Å².